The molecule has 0 bridgehead atoms. The highest BCUT2D eigenvalue weighted by Gasteiger charge is 2.37. The monoisotopic (exact) mass is 464 g/mol. The molecular weight excluding hydrogens is 435 g/mol. The predicted molar refractivity (Wildman–Crippen MR) is 128 cm³/mol. The fraction of sp³-hybridized carbons (Fsp3) is 0.444. The molecule has 0 spiro atoms. The second-order valence-corrected chi connectivity index (χ2v) is 9.71. The number of rotatable bonds is 4. The number of benzene rings is 2. The molecule has 0 amide bonds. The minimum Gasteiger partial charge on any atom is -0.481 e. The van der Waals surface area contributed by atoms with Crippen molar-refractivity contribution in [3.8, 4) is 11.3 Å². The summed E-state index contributed by atoms with van der Waals surface area (Å²) >= 11 is 0. The average molecular weight is 465 g/mol. The van der Waals surface area contributed by atoms with Crippen LogP contribution in [0.4, 0.5) is 10.1 Å². The zero-order chi connectivity index (χ0) is 23.4. The molecule has 6 nitrogen and oxygen atoms in total. The van der Waals surface area contributed by atoms with Crippen molar-refractivity contribution in [3.63, 3.8) is 0 Å². The molecule has 3 aromatic rings. The maximum Gasteiger partial charge on any atom is 0.307 e. The average Bonchev–Trinajstić information content (AvgIpc) is 3.58. The van der Waals surface area contributed by atoms with Crippen molar-refractivity contribution in [1.82, 2.24) is 4.90 Å². The van der Waals surface area contributed by atoms with Gasteiger partial charge >= 0.3 is 5.97 Å². The van der Waals surface area contributed by atoms with Crippen LogP contribution >= 0.6 is 0 Å². The number of ether oxygens (including phenoxy) is 1. The summed E-state index contributed by atoms with van der Waals surface area (Å²) in [5, 5.41) is 10.1. The van der Waals surface area contributed by atoms with Gasteiger partial charge in [0.15, 0.2) is 11.4 Å². The lowest BCUT2D eigenvalue weighted by Crippen LogP contribution is -2.36. The smallest absolute Gasteiger partial charge is 0.307 e. The van der Waals surface area contributed by atoms with Crippen molar-refractivity contribution in [3.05, 3.63) is 52.8 Å². The molecule has 6 rings (SSSR count). The molecule has 1 aromatic heterocycles. The van der Waals surface area contributed by atoms with E-state index in [0.29, 0.717) is 30.7 Å². The molecule has 178 valence electrons. The van der Waals surface area contributed by atoms with E-state index in [4.69, 9.17) is 9.15 Å². The summed E-state index contributed by atoms with van der Waals surface area (Å²) in [5.41, 5.74) is 5.27. The van der Waals surface area contributed by atoms with Gasteiger partial charge in [-0.05, 0) is 67.6 Å². The summed E-state index contributed by atoms with van der Waals surface area (Å²) < 4.78 is 27.2. The van der Waals surface area contributed by atoms with Gasteiger partial charge < -0.3 is 19.2 Å². The molecule has 2 unspecified atom stereocenters. The third-order valence-electron chi connectivity index (χ3n) is 7.84. The lowest BCUT2D eigenvalue weighted by molar-refractivity contribution is -0.141. The largest absolute Gasteiger partial charge is 0.481 e. The highest BCUT2D eigenvalue weighted by Crippen LogP contribution is 2.44. The van der Waals surface area contributed by atoms with Crippen molar-refractivity contribution < 1.29 is 23.4 Å². The van der Waals surface area contributed by atoms with Gasteiger partial charge in [-0.15, -0.1) is 0 Å². The quantitative estimate of drug-likeness (QED) is 0.600. The van der Waals surface area contributed by atoms with Gasteiger partial charge in [0.05, 0.1) is 19.1 Å². The molecule has 7 heteroatoms. The molecule has 0 radical (unpaired) electrons. The molecule has 1 N–H and O–H groups in total. The van der Waals surface area contributed by atoms with Crippen LogP contribution in [-0.2, 0) is 16.0 Å². The number of likely N-dealkylation sites (tertiary alicyclic amines) is 1. The lowest BCUT2D eigenvalue weighted by Gasteiger charge is -2.30. The Labute approximate surface area is 197 Å². The van der Waals surface area contributed by atoms with Gasteiger partial charge in [-0.1, -0.05) is 12.1 Å². The van der Waals surface area contributed by atoms with E-state index in [-0.39, 0.29) is 17.8 Å². The second kappa shape index (κ2) is 8.40. The van der Waals surface area contributed by atoms with Crippen LogP contribution in [0.15, 0.2) is 34.7 Å². The summed E-state index contributed by atoms with van der Waals surface area (Å²) in [4.78, 5) is 16.0. The lowest BCUT2D eigenvalue weighted by atomic mass is 10.0. The number of fused-ring (bicyclic) bond motifs is 2. The first kappa shape index (κ1) is 21.6. The number of morpholine rings is 1. The Morgan fingerprint density at radius 2 is 1.97 bits per heavy atom. The maximum absolute atomic E-state index is 15.6. The Bertz CT molecular complexity index is 1260. The van der Waals surface area contributed by atoms with E-state index in [1.807, 2.05) is 18.2 Å². The third kappa shape index (κ3) is 3.49. The molecule has 3 heterocycles. The van der Waals surface area contributed by atoms with Crippen LogP contribution < -0.4 is 4.90 Å². The number of aliphatic carboxylic acids is 1. The fourth-order valence-corrected chi connectivity index (χ4v) is 6.01. The van der Waals surface area contributed by atoms with Crippen LogP contribution in [0.1, 0.15) is 35.6 Å². The SMILES string of the molecule is Cc1c(-c2cc3cc4c(c(F)c3o2)CCC4N2CCC(C(=O)O)C2)cccc1N1CCOCC1. The number of furan rings is 1. The van der Waals surface area contributed by atoms with E-state index in [0.717, 1.165) is 72.6 Å². The van der Waals surface area contributed by atoms with Crippen molar-refractivity contribution in [2.75, 3.05) is 44.3 Å². The van der Waals surface area contributed by atoms with Crippen LogP contribution in [0, 0.1) is 18.7 Å². The second-order valence-electron chi connectivity index (χ2n) is 9.71. The topological polar surface area (TPSA) is 66.2 Å². The van der Waals surface area contributed by atoms with Gasteiger partial charge in [-0.2, -0.15) is 0 Å². The number of carboxylic acids is 1. The Morgan fingerprint density at radius 1 is 1.15 bits per heavy atom. The summed E-state index contributed by atoms with van der Waals surface area (Å²) in [6.45, 7) is 6.51. The molecule has 0 saturated carbocycles. The summed E-state index contributed by atoms with van der Waals surface area (Å²) in [6.07, 6.45) is 2.12. The highest BCUT2D eigenvalue weighted by atomic mass is 19.1. The zero-order valence-corrected chi connectivity index (χ0v) is 19.3. The number of carboxylic acid groups (broad SMARTS) is 1. The van der Waals surface area contributed by atoms with E-state index in [9.17, 15) is 9.90 Å². The molecule has 2 fully saturated rings. The molecular formula is C27H29FN2O4. The van der Waals surface area contributed by atoms with E-state index in [2.05, 4.69) is 28.9 Å². The molecule has 2 aromatic carbocycles. The third-order valence-corrected chi connectivity index (χ3v) is 7.84. The Balaban J connectivity index is 1.36. The van der Waals surface area contributed by atoms with E-state index >= 15 is 4.39 Å². The minimum atomic E-state index is -0.739. The first-order valence-electron chi connectivity index (χ1n) is 12.2. The zero-order valence-electron chi connectivity index (χ0n) is 19.3. The molecule has 2 atom stereocenters. The first-order chi connectivity index (χ1) is 16.5. The number of hydrogen-bond acceptors (Lipinski definition) is 5. The number of hydrogen-bond donors (Lipinski definition) is 1. The molecule has 3 aliphatic rings. The fourth-order valence-electron chi connectivity index (χ4n) is 6.01. The van der Waals surface area contributed by atoms with Crippen LogP contribution in [0.3, 0.4) is 0 Å². The Kier molecular flexibility index (Phi) is 5.34. The van der Waals surface area contributed by atoms with Gasteiger partial charge in [0.25, 0.3) is 0 Å². The van der Waals surface area contributed by atoms with E-state index in [1.54, 1.807) is 0 Å². The van der Waals surface area contributed by atoms with Gasteiger partial charge in [0.1, 0.15) is 5.76 Å². The van der Waals surface area contributed by atoms with Crippen molar-refractivity contribution >= 4 is 22.6 Å². The first-order valence-corrected chi connectivity index (χ1v) is 12.2. The standard InChI is InChI=1S/C27H29FN2O4/c1-16-19(3-2-4-22(16)29-9-11-33-12-10-29)24-14-18-13-21-20(25(28)26(18)34-24)5-6-23(21)30-8-7-17(15-30)27(31)32/h2-4,13-14,17,23H,5-12,15H2,1H3,(H,31,32). The van der Waals surface area contributed by atoms with Gasteiger partial charge in [0, 0.05) is 42.3 Å². The predicted octanol–water partition coefficient (Wildman–Crippen LogP) is 4.78. The number of nitrogens with zero attached hydrogens (tertiary/aromatic N) is 2. The van der Waals surface area contributed by atoms with Crippen LogP contribution in [0.25, 0.3) is 22.3 Å². The number of carbonyl (C=O) groups is 1. The molecule has 1 aliphatic carbocycles. The minimum absolute atomic E-state index is 0.0722. The number of anilines is 1. The van der Waals surface area contributed by atoms with Crippen LogP contribution in [0.5, 0.6) is 0 Å². The van der Waals surface area contributed by atoms with Crippen LogP contribution in [0.2, 0.25) is 0 Å². The summed E-state index contributed by atoms with van der Waals surface area (Å²) in [6, 6.07) is 10.3. The molecule has 2 aliphatic heterocycles. The Hall–Kier alpha value is -2.90. The van der Waals surface area contributed by atoms with Crippen molar-refractivity contribution in [1.29, 1.82) is 0 Å². The normalized spacial score (nSPS) is 23.1. The summed E-state index contributed by atoms with van der Waals surface area (Å²) in [7, 11) is 0. The van der Waals surface area contributed by atoms with Crippen molar-refractivity contribution in [2.24, 2.45) is 5.92 Å². The van der Waals surface area contributed by atoms with Gasteiger partial charge in [0.2, 0.25) is 0 Å². The molecule has 2 saturated heterocycles. The van der Waals surface area contributed by atoms with Crippen molar-refractivity contribution in [2.45, 2.75) is 32.2 Å². The maximum atomic E-state index is 15.6. The number of halogens is 1. The van der Waals surface area contributed by atoms with E-state index in [1.165, 1.54) is 0 Å². The van der Waals surface area contributed by atoms with Gasteiger partial charge in [-0.3, -0.25) is 9.69 Å². The highest BCUT2D eigenvalue weighted by molar-refractivity contribution is 5.86. The Morgan fingerprint density at radius 3 is 2.74 bits per heavy atom. The van der Waals surface area contributed by atoms with E-state index < -0.39 is 5.97 Å². The molecule has 34 heavy (non-hydrogen) atoms. The summed E-state index contributed by atoms with van der Waals surface area (Å²) in [5.74, 6) is -0.664. The van der Waals surface area contributed by atoms with Crippen LogP contribution in [-0.4, -0.2) is 55.4 Å². The van der Waals surface area contributed by atoms with Gasteiger partial charge in [-0.25, -0.2) is 4.39 Å².